The zero-order chi connectivity index (χ0) is 14.7. The fourth-order valence-corrected chi connectivity index (χ4v) is 2.09. The lowest BCUT2D eigenvalue weighted by Gasteiger charge is -2.31. The van der Waals surface area contributed by atoms with Gasteiger partial charge in [0.05, 0.1) is 0 Å². The summed E-state index contributed by atoms with van der Waals surface area (Å²) in [5.41, 5.74) is 0. The number of alkyl halides is 3. The van der Waals surface area contributed by atoms with Gasteiger partial charge in [-0.1, -0.05) is 27.7 Å². The van der Waals surface area contributed by atoms with Gasteiger partial charge in [-0.3, -0.25) is 4.79 Å². The van der Waals surface area contributed by atoms with E-state index in [1.807, 2.05) is 0 Å². The summed E-state index contributed by atoms with van der Waals surface area (Å²) in [6, 6.07) is -1.54. The van der Waals surface area contributed by atoms with Gasteiger partial charge in [0, 0.05) is 0 Å². The van der Waals surface area contributed by atoms with E-state index in [9.17, 15) is 22.8 Å². The molecule has 18 heavy (non-hydrogen) atoms. The topological polar surface area (TPSA) is 66.4 Å². The van der Waals surface area contributed by atoms with Crippen molar-refractivity contribution in [3.63, 3.8) is 0 Å². The second kappa shape index (κ2) is 6.06. The quantitative estimate of drug-likeness (QED) is 0.802. The molecule has 1 amide bonds. The second-order valence-corrected chi connectivity index (χ2v) is 4.85. The summed E-state index contributed by atoms with van der Waals surface area (Å²) in [5.74, 6) is -4.59. The molecule has 0 heterocycles. The molecule has 0 aromatic heterocycles. The molecule has 1 unspecified atom stereocenters. The Morgan fingerprint density at radius 2 is 1.44 bits per heavy atom. The van der Waals surface area contributed by atoms with Gasteiger partial charge in [0.1, 0.15) is 6.04 Å². The van der Waals surface area contributed by atoms with Crippen molar-refractivity contribution in [1.29, 1.82) is 0 Å². The largest absolute Gasteiger partial charge is 0.480 e. The highest BCUT2D eigenvalue weighted by atomic mass is 19.4. The first-order valence-corrected chi connectivity index (χ1v) is 5.59. The smallest absolute Gasteiger partial charge is 0.471 e. The van der Waals surface area contributed by atoms with Gasteiger partial charge < -0.3 is 10.4 Å². The van der Waals surface area contributed by atoms with E-state index in [4.69, 9.17) is 5.11 Å². The molecule has 0 fully saturated rings. The van der Waals surface area contributed by atoms with E-state index in [2.05, 4.69) is 0 Å². The van der Waals surface area contributed by atoms with Crippen LogP contribution in [0.25, 0.3) is 0 Å². The van der Waals surface area contributed by atoms with Crippen LogP contribution in [0.5, 0.6) is 0 Å². The minimum atomic E-state index is -5.08. The number of carbonyl (C=O) groups excluding carboxylic acids is 1. The number of nitrogens with one attached hydrogen (secondary N) is 1. The Hall–Kier alpha value is -1.27. The highest BCUT2D eigenvalue weighted by molar-refractivity contribution is 5.87. The summed E-state index contributed by atoms with van der Waals surface area (Å²) in [4.78, 5) is 21.9. The third kappa shape index (κ3) is 4.54. The first kappa shape index (κ1) is 16.7. The average molecular weight is 269 g/mol. The molecule has 0 aliphatic rings. The monoisotopic (exact) mass is 269 g/mol. The van der Waals surface area contributed by atoms with Crippen molar-refractivity contribution in [2.24, 2.45) is 17.8 Å². The maximum absolute atomic E-state index is 12.1. The van der Waals surface area contributed by atoms with E-state index >= 15 is 0 Å². The molecule has 1 atom stereocenters. The molecule has 4 nitrogen and oxygen atoms in total. The predicted molar refractivity (Wildman–Crippen MR) is 58.8 cm³/mol. The van der Waals surface area contributed by atoms with Gasteiger partial charge in [-0.15, -0.1) is 0 Å². The molecule has 0 aromatic rings. The van der Waals surface area contributed by atoms with Crippen LogP contribution in [0.15, 0.2) is 0 Å². The van der Waals surface area contributed by atoms with Gasteiger partial charge >= 0.3 is 18.1 Å². The Labute approximate surface area is 104 Å². The van der Waals surface area contributed by atoms with E-state index in [-0.39, 0.29) is 11.8 Å². The lowest BCUT2D eigenvalue weighted by Crippen LogP contribution is -2.52. The van der Waals surface area contributed by atoms with Crippen LogP contribution in [0.1, 0.15) is 27.7 Å². The maximum atomic E-state index is 12.1. The molecule has 7 heteroatoms. The molecule has 2 N–H and O–H groups in total. The van der Waals surface area contributed by atoms with Gasteiger partial charge in [-0.05, 0) is 17.8 Å². The van der Waals surface area contributed by atoms with Crippen molar-refractivity contribution >= 4 is 11.9 Å². The normalized spacial score (nSPS) is 14.1. The van der Waals surface area contributed by atoms with Crippen molar-refractivity contribution in [3.05, 3.63) is 0 Å². The Kier molecular flexibility index (Phi) is 5.63. The van der Waals surface area contributed by atoms with Crippen LogP contribution in [0.3, 0.4) is 0 Å². The molecule has 0 spiro atoms. The minimum Gasteiger partial charge on any atom is -0.480 e. The van der Waals surface area contributed by atoms with Crippen LogP contribution in [0.2, 0.25) is 0 Å². The first-order chi connectivity index (χ1) is 7.98. The molecular weight excluding hydrogens is 251 g/mol. The van der Waals surface area contributed by atoms with Gasteiger partial charge in [-0.2, -0.15) is 13.2 Å². The second-order valence-electron chi connectivity index (χ2n) is 4.85. The maximum Gasteiger partial charge on any atom is 0.471 e. The number of halogens is 3. The SMILES string of the molecule is CC(C)C(C(C)C)C(NC(=O)C(F)(F)F)C(=O)O. The summed E-state index contributed by atoms with van der Waals surface area (Å²) in [6.07, 6.45) is -5.08. The Bertz CT molecular complexity index is 305. The fourth-order valence-electron chi connectivity index (χ4n) is 2.09. The summed E-state index contributed by atoms with van der Waals surface area (Å²) in [5, 5.41) is 10.5. The predicted octanol–water partition coefficient (Wildman–Crippen LogP) is 2.05. The van der Waals surface area contributed by atoms with E-state index < -0.39 is 30.0 Å². The zero-order valence-electron chi connectivity index (χ0n) is 10.7. The summed E-state index contributed by atoms with van der Waals surface area (Å²) >= 11 is 0. The van der Waals surface area contributed by atoms with Crippen molar-refractivity contribution in [2.45, 2.75) is 39.9 Å². The van der Waals surface area contributed by atoms with Gasteiger partial charge in [0.15, 0.2) is 0 Å². The first-order valence-electron chi connectivity index (χ1n) is 5.59. The molecule has 0 aliphatic heterocycles. The molecular formula is C11H18F3NO3. The zero-order valence-corrected chi connectivity index (χ0v) is 10.7. The molecule has 0 aliphatic carbocycles. The van der Waals surface area contributed by atoms with Crippen LogP contribution < -0.4 is 5.32 Å². The molecule has 0 aromatic carbocycles. The average Bonchev–Trinajstić information content (AvgIpc) is 2.13. The van der Waals surface area contributed by atoms with E-state index in [1.54, 1.807) is 33.0 Å². The lowest BCUT2D eigenvalue weighted by molar-refractivity contribution is -0.176. The van der Waals surface area contributed by atoms with E-state index in [0.29, 0.717) is 0 Å². The molecule has 106 valence electrons. The third-order valence-corrected chi connectivity index (χ3v) is 2.73. The fraction of sp³-hybridized carbons (Fsp3) is 0.818. The van der Waals surface area contributed by atoms with Gasteiger partial charge in [-0.25, -0.2) is 4.79 Å². The summed E-state index contributed by atoms with van der Waals surface area (Å²) in [6.45, 7) is 6.83. The Morgan fingerprint density at radius 3 is 1.67 bits per heavy atom. The number of hydrogen-bond acceptors (Lipinski definition) is 2. The molecule has 0 rings (SSSR count). The van der Waals surface area contributed by atoms with Crippen molar-refractivity contribution in [2.75, 3.05) is 0 Å². The van der Waals surface area contributed by atoms with E-state index in [0.717, 1.165) is 0 Å². The molecule has 0 bridgehead atoms. The number of carboxylic acid groups (broad SMARTS) is 1. The number of carboxylic acids is 1. The standard InChI is InChI=1S/C11H18F3NO3/c1-5(2)7(6(3)4)8(9(16)17)15-10(18)11(12,13)14/h5-8H,1-4H3,(H,15,18)(H,16,17). The minimum absolute atomic E-state index is 0.167. The van der Waals surface area contributed by atoms with Crippen LogP contribution in [-0.4, -0.2) is 29.2 Å². The van der Waals surface area contributed by atoms with Gasteiger partial charge in [0.2, 0.25) is 0 Å². The molecule has 0 saturated carbocycles. The molecule has 0 radical (unpaired) electrons. The van der Waals surface area contributed by atoms with Crippen molar-refractivity contribution < 1.29 is 27.9 Å². The number of rotatable bonds is 5. The van der Waals surface area contributed by atoms with Crippen LogP contribution in [0.4, 0.5) is 13.2 Å². The van der Waals surface area contributed by atoms with E-state index in [1.165, 1.54) is 0 Å². The van der Waals surface area contributed by atoms with Gasteiger partial charge in [0.25, 0.3) is 0 Å². The van der Waals surface area contributed by atoms with Crippen LogP contribution in [-0.2, 0) is 9.59 Å². The van der Waals surface area contributed by atoms with Crippen molar-refractivity contribution in [1.82, 2.24) is 5.32 Å². The number of hydrogen-bond donors (Lipinski definition) is 2. The highest BCUT2D eigenvalue weighted by Crippen LogP contribution is 2.25. The number of carbonyl (C=O) groups is 2. The summed E-state index contributed by atoms with van der Waals surface area (Å²) in [7, 11) is 0. The highest BCUT2D eigenvalue weighted by Gasteiger charge is 2.43. The van der Waals surface area contributed by atoms with Crippen LogP contribution >= 0.6 is 0 Å². The lowest BCUT2D eigenvalue weighted by atomic mass is 9.79. The third-order valence-electron chi connectivity index (χ3n) is 2.73. The Balaban J connectivity index is 5.08. The summed E-state index contributed by atoms with van der Waals surface area (Å²) < 4.78 is 36.4. The van der Waals surface area contributed by atoms with Crippen molar-refractivity contribution in [3.8, 4) is 0 Å². The number of aliphatic carboxylic acids is 1. The Morgan fingerprint density at radius 1 is 1.06 bits per heavy atom. The van der Waals surface area contributed by atoms with Crippen LogP contribution in [0, 0.1) is 17.8 Å². The number of amides is 1. The molecule has 0 saturated heterocycles.